The van der Waals surface area contributed by atoms with Gasteiger partial charge in [-0.1, -0.05) is 0 Å². The molecule has 9 nitrogen and oxygen atoms in total. The van der Waals surface area contributed by atoms with E-state index in [4.69, 9.17) is 0 Å². The van der Waals surface area contributed by atoms with E-state index < -0.39 is 61.0 Å². The van der Waals surface area contributed by atoms with Crippen molar-refractivity contribution in [2.24, 2.45) is 0 Å². The van der Waals surface area contributed by atoms with Gasteiger partial charge in [0.2, 0.25) is 10.1 Å². The fraction of sp³-hybridized carbons (Fsp3) is 0.500. The predicted octanol–water partition coefficient (Wildman–Crippen LogP) is 0.752. The molecule has 0 aromatic carbocycles. The average Bonchev–Trinajstić information content (AvgIpc) is 2.42. The lowest BCUT2D eigenvalue weighted by atomic mass is 10.7. The molecule has 1 aromatic heterocycles. The third kappa shape index (κ3) is 3.66. The molecule has 156 valence electrons. The van der Waals surface area contributed by atoms with Gasteiger partial charge < -0.3 is 0 Å². The first-order valence-electron chi connectivity index (χ1n) is 5.27. The number of nitrogens with zero attached hydrogens (tertiary/aromatic N) is 3. The summed E-state index contributed by atoms with van der Waals surface area (Å²) in [5.74, 6) is 0. The number of aromatic nitrogens is 3. The monoisotopic (exact) mass is 477 g/mol. The van der Waals surface area contributed by atoms with Crippen LogP contribution in [0.5, 0.6) is 0 Å². The van der Waals surface area contributed by atoms with Gasteiger partial charge in [0.05, 0.1) is 0 Å². The normalized spacial score (nSPS) is 15.0. The van der Waals surface area contributed by atoms with E-state index in [1.54, 1.807) is 0 Å². The maximum absolute atomic E-state index is 12.6. The number of rotatable bonds is 3. The molecule has 1 aromatic rings. The summed E-state index contributed by atoms with van der Waals surface area (Å²) in [5.41, 5.74) is -19.9. The Morgan fingerprint density at radius 2 is 0.778 bits per heavy atom. The van der Waals surface area contributed by atoms with Crippen LogP contribution in [-0.2, 0) is 29.5 Å². The molecule has 0 amide bonds. The molecule has 0 aliphatic carbocycles. The van der Waals surface area contributed by atoms with Gasteiger partial charge in [-0.05, 0) is 5.21 Å². The van der Waals surface area contributed by atoms with Crippen molar-refractivity contribution in [3.8, 4) is 0 Å². The summed E-state index contributed by atoms with van der Waals surface area (Å²) in [6, 6.07) is 0. The van der Waals surface area contributed by atoms with Gasteiger partial charge in [-0.2, -0.15) is 39.5 Å². The molecule has 0 unspecified atom stereocenters. The van der Waals surface area contributed by atoms with Crippen molar-refractivity contribution in [1.29, 1.82) is 0 Å². The van der Waals surface area contributed by atoms with Crippen LogP contribution in [-0.4, -0.2) is 57.2 Å². The van der Waals surface area contributed by atoms with Crippen LogP contribution in [0, 0.1) is 0 Å². The Labute approximate surface area is 141 Å². The second kappa shape index (κ2) is 6.12. The molecule has 1 rings (SSSR count). The Bertz CT molecular complexity index is 1010. The predicted molar refractivity (Wildman–Crippen MR) is 59.5 cm³/mol. The van der Waals surface area contributed by atoms with Crippen molar-refractivity contribution in [3.63, 3.8) is 0 Å². The lowest BCUT2D eigenvalue weighted by molar-refractivity contribution is -0.0470. The van der Waals surface area contributed by atoms with E-state index in [1.807, 2.05) is 15.4 Å². The number of hydrogen-bond acceptors (Lipinski definition) is 9. The van der Waals surface area contributed by atoms with E-state index in [2.05, 4.69) is 0 Å². The van der Waals surface area contributed by atoms with Crippen LogP contribution in [0.2, 0.25) is 0 Å². The number of sulfone groups is 3. The molecule has 0 atom stereocenters. The molecular weight excluding hydrogens is 477 g/mol. The van der Waals surface area contributed by atoms with Crippen LogP contribution < -0.4 is 0 Å². The van der Waals surface area contributed by atoms with Crippen molar-refractivity contribution in [2.75, 3.05) is 0 Å². The highest BCUT2D eigenvalue weighted by Gasteiger charge is 2.60. The first-order valence-corrected chi connectivity index (χ1v) is 9.72. The van der Waals surface area contributed by atoms with Crippen molar-refractivity contribution >= 4 is 29.5 Å². The van der Waals surface area contributed by atoms with Gasteiger partial charge in [-0.15, -0.1) is 10.2 Å². The molecular formula is C6F9N3O6S3. The quantitative estimate of drug-likeness (QED) is 0.577. The largest absolute Gasteiger partial charge is 0.503 e. The van der Waals surface area contributed by atoms with Crippen LogP contribution in [0.3, 0.4) is 0 Å². The van der Waals surface area contributed by atoms with Gasteiger partial charge in [0.1, 0.15) is 0 Å². The molecule has 0 saturated heterocycles. The fourth-order valence-electron chi connectivity index (χ4n) is 1.20. The SMILES string of the molecule is O=S(=O)(c1nnnc(S(=O)(=O)C(F)(F)F)c1S(=O)(=O)C(F)(F)F)C(F)(F)F. The highest BCUT2D eigenvalue weighted by atomic mass is 32.2. The molecule has 0 radical (unpaired) electrons. The van der Waals surface area contributed by atoms with Crippen LogP contribution in [0.4, 0.5) is 39.5 Å². The third-order valence-electron chi connectivity index (χ3n) is 2.35. The average molecular weight is 477 g/mol. The van der Waals surface area contributed by atoms with E-state index in [9.17, 15) is 64.8 Å². The zero-order valence-electron chi connectivity index (χ0n) is 11.4. The number of alkyl halides is 9. The van der Waals surface area contributed by atoms with E-state index in [0.717, 1.165) is 0 Å². The molecule has 1 heterocycles. The highest BCUT2D eigenvalue weighted by molar-refractivity contribution is 7.96. The van der Waals surface area contributed by atoms with Crippen molar-refractivity contribution < 1.29 is 64.8 Å². The highest BCUT2D eigenvalue weighted by Crippen LogP contribution is 2.42. The summed E-state index contributed by atoms with van der Waals surface area (Å²) in [5, 5.41) is -0.835. The van der Waals surface area contributed by atoms with Gasteiger partial charge in [0, 0.05) is 0 Å². The molecule has 0 bridgehead atoms. The lowest BCUT2D eigenvalue weighted by Gasteiger charge is -2.16. The van der Waals surface area contributed by atoms with Gasteiger partial charge >= 0.3 is 16.5 Å². The Morgan fingerprint density at radius 3 is 1.00 bits per heavy atom. The molecule has 27 heavy (non-hydrogen) atoms. The molecule has 0 spiro atoms. The lowest BCUT2D eigenvalue weighted by Crippen LogP contribution is -2.34. The molecule has 0 aliphatic rings. The van der Waals surface area contributed by atoms with Crippen molar-refractivity contribution in [1.82, 2.24) is 15.4 Å². The summed E-state index contributed by atoms with van der Waals surface area (Å²) in [6.45, 7) is 0. The Kier molecular flexibility index (Phi) is 5.27. The van der Waals surface area contributed by atoms with Crippen molar-refractivity contribution in [2.45, 2.75) is 31.5 Å². The minimum absolute atomic E-state index is 1.87. The maximum atomic E-state index is 12.6. The summed E-state index contributed by atoms with van der Waals surface area (Å²) >= 11 is 0. The van der Waals surface area contributed by atoms with Crippen molar-refractivity contribution in [3.05, 3.63) is 0 Å². The van der Waals surface area contributed by atoms with Crippen LogP contribution in [0.1, 0.15) is 0 Å². The zero-order chi connectivity index (χ0) is 21.9. The molecule has 0 N–H and O–H groups in total. The summed E-state index contributed by atoms with van der Waals surface area (Å²) in [4.78, 5) is -3.49. The van der Waals surface area contributed by atoms with E-state index >= 15 is 0 Å². The molecule has 0 fully saturated rings. The number of hydrogen-bond donors (Lipinski definition) is 0. The zero-order valence-corrected chi connectivity index (χ0v) is 13.9. The molecule has 21 heteroatoms. The molecule has 0 saturated carbocycles. The van der Waals surface area contributed by atoms with Gasteiger partial charge in [-0.25, -0.2) is 25.3 Å². The Morgan fingerprint density at radius 1 is 0.519 bits per heavy atom. The minimum atomic E-state index is -7.45. The summed E-state index contributed by atoms with van der Waals surface area (Å²) in [6.07, 6.45) is 0. The first kappa shape index (κ1) is 23.3. The third-order valence-corrected chi connectivity index (χ3v) is 6.95. The van der Waals surface area contributed by atoms with E-state index in [-0.39, 0.29) is 0 Å². The first-order chi connectivity index (χ1) is 11.6. The van der Waals surface area contributed by atoms with Gasteiger partial charge in [0.25, 0.3) is 29.5 Å². The maximum Gasteiger partial charge on any atom is 0.503 e. The standard InChI is InChI=1S/C6F9N3O6S3/c7-4(8,9)25(19,20)1-2(26(21,22)5(10,11)12)16-18-17-3(1)27(23,24)6(13,14)15. The number of halogens is 9. The van der Waals surface area contributed by atoms with Crippen LogP contribution >= 0.6 is 0 Å². The van der Waals surface area contributed by atoms with Crippen LogP contribution in [0.15, 0.2) is 14.9 Å². The molecule has 0 aliphatic heterocycles. The topological polar surface area (TPSA) is 141 Å². The Balaban J connectivity index is 4.31. The van der Waals surface area contributed by atoms with E-state index in [1.165, 1.54) is 0 Å². The van der Waals surface area contributed by atoms with Gasteiger partial charge in [-0.3, -0.25) is 0 Å². The fourth-order valence-corrected chi connectivity index (χ4v) is 4.76. The van der Waals surface area contributed by atoms with Gasteiger partial charge in [0.15, 0.2) is 4.90 Å². The Hall–Kier alpha value is -1.77. The second-order valence-electron chi connectivity index (χ2n) is 4.08. The van der Waals surface area contributed by atoms with E-state index in [0.29, 0.717) is 0 Å². The summed E-state index contributed by atoms with van der Waals surface area (Å²) < 4.78 is 181. The second-order valence-corrected chi connectivity index (χ2v) is 9.67. The summed E-state index contributed by atoms with van der Waals surface area (Å²) in [7, 11) is -21.9. The van der Waals surface area contributed by atoms with Crippen LogP contribution in [0.25, 0.3) is 0 Å². The smallest absolute Gasteiger partial charge is 0.214 e. The minimum Gasteiger partial charge on any atom is -0.214 e.